The van der Waals surface area contributed by atoms with Crippen LogP contribution in [0.4, 0.5) is 0 Å². The molecule has 0 spiro atoms. The van der Waals surface area contributed by atoms with Gasteiger partial charge in [-0.2, -0.15) is 0 Å². The fourth-order valence-corrected chi connectivity index (χ4v) is 1.24. The zero-order chi connectivity index (χ0) is 8.32. The van der Waals surface area contributed by atoms with Crippen molar-refractivity contribution >= 4 is 5.97 Å². The smallest absolute Gasteiger partial charge is 0.306 e. The number of ether oxygens (including phenoxy) is 1. The summed E-state index contributed by atoms with van der Waals surface area (Å²) in [4.78, 5) is 10.7. The van der Waals surface area contributed by atoms with Crippen LogP contribution in [0.1, 0.15) is 19.3 Å². The Hall–Kier alpha value is -0.610. The molecule has 1 heterocycles. The van der Waals surface area contributed by atoms with Crippen molar-refractivity contribution in [2.24, 2.45) is 0 Å². The number of carbonyl (C=O) groups is 1. The molecule has 0 bridgehead atoms. The molecule has 1 saturated heterocycles. The molecule has 1 aliphatic heterocycles. The van der Waals surface area contributed by atoms with Gasteiger partial charge in [0.2, 0.25) is 0 Å². The highest BCUT2D eigenvalue weighted by Gasteiger charge is 2.39. The van der Waals surface area contributed by atoms with Crippen LogP contribution in [0.15, 0.2) is 0 Å². The fraction of sp³-hybridized carbons (Fsp3) is 0.857. The van der Waals surface area contributed by atoms with Crippen LogP contribution in [-0.4, -0.2) is 35.0 Å². The minimum Gasteiger partial charge on any atom is -0.456 e. The van der Waals surface area contributed by atoms with E-state index < -0.39 is 5.60 Å². The monoisotopic (exact) mass is 160 g/mol. The second-order valence-electron chi connectivity index (χ2n) is 2.79. The Labute approximate surface area is 64.8 Å². The van der Waals surface area contributed by atoms with E-state index in [1.54, 1.807) is 0 Å². The molecule has 0 radical (unpaired) electrons. The molecule has 0 aromatic carbocycles. The van der Waals surface area contributed by atoms with Gasteiger partial charge in [0.25, 0.3) is 0 Å². The second kappa shape index (κ2) is 3.19. The van der Waals surface area contributed by atoms with Gasteiger partial charge in [-0.1, -0.05) is 0 Å². The third-order valence-corrected chi connectivity index (χ3v) is 1.97. The van der Waals surface area contributed by atoms with Gasteiger partial charge in [-0.25, -0.2) is 0 Å². The molecule has 1 aliphatic rings. The van der Waals surface area contributed by atoms with E-state index in [9.17, 15) is 4.79 Å². The Kier molecular flexibility index (Phi) is 2.46. The summed E-state index contributed by atoms with van der Waals surface area (Å²) in [5.41, 5.74) is -0.786. The predicted molar refractivity (Wildman–Crippen MR) is 36.8 cm³/mol. The Morgan fingerprint density at radius 1 is 1.55 bits per heavy atom. The lowest BCUT2D eigenvalue weighted by Crippen LogP contribution is -2.34. The molecule has 2 N–H and O–H groups in total. The van der Waals surface area contributed by atoms with Gasteiger partial charge >= 0.3 is 5.97 Å². The Morgan fingerprint density at radius 2 is 2.27 bits per heavy atom. The molecule has 1 rings (SSSR count). The molecule has 0 saturated carbocycles. The van der Waals surface area contributed by atoms with Crippen LogP contribution in [0, 0.1) is 0 Å². The molecular formula is C7H12O4. The molecule has 1 atom stereocenters. The maximum absolute atomic E-state index is 10.7. The van der Waals surface area contributed by atoms with Crippen molar-refractivity contribution in [1.29, 1.82) is 0 Å². The number of carbonyl (C=O) groups excluding carboxylic acids is 1. The lowest BCUT2D eigenvalue weighted by atomic mass is 9.98. The topological polar surface area (TPSA) is 66.8 Å². The standard InChI is InChI=1S/C7H12O4/c8-4-3-7(5-9)2-1-6(10)11-7/h8-9H,1-5H2. The summed E-state index contributed by atoms with van der Waals surface area (Å²) in [5.74, 6) is -0.285. The van der Waals surface area contributed by atoms with Gasteiger partial charge in [0.15, 0.2) is 0 Å². The quantitative estimate of drug-likeness (QED) is 0.543. The average molecular weight is 160 g/mol. The van der Waals surface area contributed by atoms with Crippen molar-refractivity contribution in [3.8, 4) is 0 Å². The van der Waals surface area contributed by atoms with Crippen LogP contribution in [0.25, 0.3) is 0 Å². The third kappa shape index (κ3) is 1.70. The Bertz CT molecular complexity index is 157. The summed E-state index contributed by atoms with van der Waals surface area (Å²) in [7, 11) is 0. The van der Waals surface area contributed by atoms with Gasteiger partial charge in [0.05, 0.1) is 6.61 Å². The summed E-state index contributed by atoms with van der Waals surface area (Å²) in [5, 5.41) is 17.5. The summed E-state index contributed by atoms with van der Waals surface area (Å²) in [6, 6.07) is 0. The maximum Gasteiger partial charge on any atom is 0.306 e. The van der Waals surface area contributed by atoms with Crippen molar-refractivity contribution < 1.29 is 19.7 Å². The van der Waals surface area contributed by atoms with Crippen LogP contribution in [0.2, 0.25) is 0 Å². The number of cyclic esters (lactones) is 1. The van der Waals surface area contributed by atoms with E-state index in [1.165, 1.54) is 0 Å². The maximum atomic E-state index is 10.7. The normalized spacial score (nSPS) is 30.5. The zero-order valence-electron chi connectivity index (χ0n) is 6.25. The van der Waals surface area contributed by atoms with E-state index in [-0.39, 0.29) is 19.2 Å². The van der Waals surface area contributed by atoms with Crippen molar-refractivity contribution in [3.63, 3.8) is 0 Å². The molecular weight excluding hydrogens is 148 g/mol. The van der Waals surface area contributed by atoms with Gasteiger partial charge in [0.1, 0.15) is 5.60 Å². The number of hydrogen-bond acceptors (Lipinski definition) is 4. The van der Waals surface area contributed by atoms with Crippen molar-refractivity contribution in [3.05, 3.63) is 0 Å². The summed E-state index contributed by atoms with van der Waals surface area (Å²) >= 11 is 0. The van der Waals surface area contributed by atoms with E-state index >= 15 is 0 Å². The van der Waals surface area contributed by atoms with Crippen LogP contribution >= 0.6 is 0 Å². The molecule has 11 heavy (non-hydrogen) atoms. The van der Waals surface area contributed by atoms with E-state index in [4.69, 9.17) is 14.9 Å². The van der Waals surface area contributed by atoms with E-state index in [0.29, 0.717) is 19.3 Å². The first-order chi connectivity index (χ1) is 5.22. The van der Waals surface area contributed by atoms with Gasteiger partial charge in [-0.05, 0) is 6.42 Å². The summed E-state index contributed by atoms with van der Waals surface area (Å²) in [6.07, 6.45) is 1.19. The van der Waals surface area contributed by atoms with Crippen molar-refractivity contribution in [1.82, 2.24) is 0 Å². The van der Waals surface area contributed by atoms with Gasteiger partial charge < -0.3 is 14.9 Å². The third-order valence-electron chi connectivity index (χ3n) is 1.97. The average Bonchev–Trinajstić information content (AvgIpc) is 2.34. The van der Waals surface area contributed by atoms with Gasteiger partial charge in [0, 0.05) is 19.4 Å². The molecule has 1 unspecified atom stereocenters. The minimum absolute atomic E-state index is 0.0617. The first-order valence-electron chi connectivity index (χ1n) is 3.66. The number of hydrogen-bond donors (Lipinski definition) is 2. The molecule has 0 amide bonds. The Morgan fingerprint density at radius 3 is 2.64 bits per heavy atom. The van der Waals surface area contributed by atoms with E-state index in [1.807, 2.05) is 0 Å². The fourth-order valence-electron chi connectivity index (χ4n) is 1.24. The minimum atomic E-state index is -0.786. The first-order valence-corrected chi connectivity index (χ1v) is 3.66. The molecule has 0 aromatic rings. The van der Waals surface area contributed by atoms with Gasteiger partial charge in [-0.3, -0.25) is 4.79 Å². The van der Waals surface area contributed by atoms with Crippen LogP contribution in [-0.2, 0) is 9.53 Å². The predicted octanol–water partition coefficient (Wildman–Crippen LogP) is -0.563. The molecule has 64 valence electrons. The first kappa shape index (κ1) is 8.49. The SMILES string of the molecule is O=C1CCC(CO)(CCO)O1. The molecule has 4 heteroatoms. The largest absolute Gasteiger partial charge is 0.456 e. The molecule has 0 aromatic heterocycles. The molecule has 4 nitrogen and oxygen atoms in total. The molecule has 1 fully saturated rings. The highest BCUT2D eigenvalue weighted by Crippen LogP contribution is 2.28. The van der Waals surface area contributed by atoms with Gasteiger partial charge in [-0.15, -0.1) is 0 Å². The van der Waals surface area contributed by atoms with E-state index in [2.05, 4.69) is 0 Å². The highest BCUT2D eigenvalue weighted by atomic mass is 16.6. The lowest BCUT2D eigenvalue weighted by molar-refractivity contribution is -0.152. The summed E-state index contributed by atoms with van der Waals surface area (Å²) in [6.45, 7) is -0.257. The number of aliphatic hydroxyl groups is 2. The van der Waals surface area contributed by atoms with Crippen LogP contribution < -0.4 is 0 Å². The van der Waals surface area contributed by atoms with Crippen LogP contribution in [0.5, 0.6) is 0 Å². The number of esters is 1. The summed E-state index contributed by atoms with van der Waals surface area (Å²) < 4.78 is 4.89. The number of aliphatic hydroxyl groups excluding tert-OH is 2. The second-order valence-corrected chi connectivity index (χ2v) is 2.79. The zero-order valence-corrected chi connectivity index (χ0v) is 6.25. The highest BCUT2D eigenvalue weighted by molar-refractivity contribution is 5.72. The lowest BCUT2D eigenvalue weighted by Gasteiger charge is -2.23. The Balaban J connectivity index is 2.54. The van der Waals surface area contributed by atoms with E-state index in [0.717, 1.165) is 0 Å². The van der Waals surface area contributed by atoms with Crippen molar-refractivity contribution in [2.75, 3.05) is 13.2 Å². The van der Waals surface area contributed by atoms with Crippen molar-refractivity contribution in [2.45, 2.75) is 24.9 Å². The van der Waals surface area contributed by atoms with Crippen LogP contribution in [0.3, 0.4) is 0 Å². The number of rotatable bonds is 3. The molecule has 0 aliphatic carbocycles.